The summed E-state index contributed by atoms with van der Waals surface area (Å²) in [7, 11) is 0. The van der Waals surface area contributed by atoms with Crippen LogP contribution in [0.2, 0.25) is 5.02 Å². The van der Waals surface area contributed by atoms with Gasteiger partial charge in [-0.1, -0.05) is 66.2 Å². The summed E-state index contributed by atoms with van der Waals surface area (Å²) in [5.74, 6) is 0.415. The van der Waals surface area contributed by atoms with Crippen LogP contribution >= 0.6 is 11.6 Å². The number of rotatable bonds is 3. The van der Waals surface area contributed by atoms with Crippen LogP contribution in [0.4, 0.5) is 0 Å². The van der Waals surface area contributed by atoms with Gasteiger partial charge in [0.05, 0.1) is 0 Å². The van der Waals surface area contributed by atoms with Crippen LogP contribution in [0.15, 0.2) is 66.7 Å². The Morgan fingerprint density at radius 1 is 0.955 bits per heavy atom. The summed E-state index contributed by atoms with van der Waals surface area (Å²) in [6.07, 6.45) is 1.94. The van der Waals surface area contributed by atoms with Gasteiger partial charge in [-0.25, -0.2) is 0 Å². The van der Waals surface area contributed by atoms with Crippen molar-refractivity contribution in [3.05, 3.63) is 82.9 Å². The fraction of sp³-hybridized carbons (Fsp3) is 0.200. The number of benzene rings is 3. The topological polar surface area (TPSA) is 26.0 Å². The first kappa shape index (κ1) is 13.8. The lowest BCUT2D eigenvalue weighted by molar-refractivity contribution is 0.646. The fourth-order valence-corrected chi connectivity index (χ4v) is 3.62. The Bertz CT molecular complexity index is 842. The molecule has 1 fully saturated rings. The molecule has 2 atom stereocenters. The molecular weight excluding hydrogens is 290 g/mol. The summed E-state index contributed by atoms with van der Waals surface area (Å²) < 4.78 is 0. The van der Waals surface area contributed by atoms with Gasteiger partial charge in [-0.3, -0.25) is 0 Å². The fourth-order valence-electron chi connectivity index (χ4n) is 3.42. The van der Waals surface area contributed by atoms with Crippen molar-refractivity contribution in [2.75, 3.05) is 0 Å². The quantitative estimate of drug-likeness (QED) is 0.730. The second-order valence-electron chi connectivity index (χ2n) is 6.40. The molecule has 4 rings (SSSR count). The average Bonchev–Trinajstić information content (AvgIpc) is 3.18. The molecule has 1 aliphatic rings. The first-order valence-electron chi connectivity index (χ1n) is 7.66. The summed E-state index contributed by atoms with van der Waals surface area (Å²) in [4.78, 5) is 0. The zero-order chi connectivity index (χ0) is 15.2. The lowest BCUT2D eigenvalue weighted by Crippen LogP contribution is -2.27. The minimum Gasteiger partial charge on any atom is -0.324 e. The van der Waals surface area contributed by atoms with E-state index in [1.807, 2.05) is 18.2 Å². The summed E-state index contributed by atoms with van der Waals surface area (Å²) in [6.45, 7) is 0. The van der Waals surface area contributed by atoms with Crippen LogP contribution in [-0.4, -0.2) is 5.54 Å². The normalized spacial score (nSPS) is 23.6. The third kappa shape index (κ3) is 2.51. The predicted molar refractivity (Wildman–Crippen MR) is 93.4 cm³/mol. The summed E-state index contributed by atoms with van der Waals surface area (Å²) in [5, 5.41) is 3.35. The molecule has 0 aliphatic heterocycles. The third-order valence-electron chi connectivity index (χ3n) is 4.72. The van der Waals surface area contributed by atoms with E-state index in [0.717, 1.165) is 17.9 Å². The van der Waals surface area contributed by atoms with Gasteiger partial charge in [0.15, 0.2) is 0 Å². The summed E-state index contributed by atoms with van der Waals surface area (Å²) >= 11 is 6.09. The van der Waals surface area contributed by atoms with E-state index >= 15 is 0 Å². The lowest BCUT2D eigenvalue weighted by Gasteiger charge is -2.13. The van der Waals surface area contributed by atoms with Crippen molar-refractivity contribution < 1.29 is 0 Å². The number of nitrogens with two attached hydrogens (primary N) is 1. The van der Waals surface area contributed by atoms with Crippen molar-refractivity contribution >= 4 is 22.4 Å². The number of hydrogen-bond acceptors (Lipinski definition) is 1. The van der Waals surface area contributed by atoms with E-state index in [4.69, 9.17) is 17.3 Å². The molecule has 1 nitrogen and oxygen atoms in total. The number of fused-ring (bicyclic) bond motifs is 1. The maximum Gasteiger partial charge on any atom is 0.0408 e. The van der Waals surface area contributed by atoms with E-state index in [1.165, 1.54) is 21.9 Å². The van der Waals surface area contributed by atoms with Gasteiger partial charge >= 0.3 is 0 Å². The molecule has 0 amide bonds. The minimum absolute atomic E-state index is 0.132. The van der Waals surface area contributed by atoms with Crippen molar-refractivity contribution in [2.45, 2.75) is 24.3 Å². The first-order valence-corrected chi connectivity index (χ1v) is 8.04. The Kier molecular flexibility index (Phi) is 3.21. The van der Waals surface area contributed by atoms with Crippen LogP contribution in [0.1, 0.15) is 23.5 Å². The van der Waals surface area contributed by atoms with Crippen molar-refractivity contribution in [3.8, 4) is 0 Å². The van der Waals surface area contributed by atoms with E-state index < -0.39 is 0 Å². The zero-order valence-electron chi connectivity index (χ0n) is 12.3. The third-order valence-corrected chi connectivity index (χ3v) is 4.95. The van der Waals surface area contributed by atoms with Crippen LogP contribution in [0.25, 0.3) is 10.8 Å². The Morgan fingerprint density at radius 2 is 1.77 bits per heavy atom. The highest BCUT2D eigenvalue weighted by Gasteiger charge is 2.51. The molecule has 1 aliphatic carbocycles. The summed E-state index contributed by atoms with van der Waals surface area (Å²) in [5.41, 5.74) is 9.04. The van der Waals surface area contributed by atoms with Crippen molar-refractivity contribution in [3.63, 3.8) is 0 Å². The zero-order valence-corrected chi connectivity index (χ0v) is 13.1. The SMILES string of the molecule is N[C@]1(Cc2ccc3ccccc3c2)C[C@@H]1c1cccc(Cl)c1. The Morgan fingerprint density at radius 3 is 2.59 bits per heavy atom. The minimum atomic E-state index is -0.132. The molecule has 0 heterocycles. The van der Waals surface area contributed by atoms with Crippen molar-refractivity contribution in [1.29, 1.82) is 0 Å². The van der Waals surface area contributed by atoms with Gasteiger partial charge in [0.1, 0.15) is 0 Å². The van der Waals surface area contributed by atoms with Crippen molar-refractivity contribution in [1.82, 2.24) is 0 Å². The first-order chi connectivity index (χ1) is 10.6. The number of hydrogen-bond donors (Lipinski definition) is 1. The van der Waals surface area contributed by atoms with Gasteiger partial charge in [0.25, 0.3) is 0 Å². The van der Waals surface area contributed by atoms with Crippen LogP contribution in [0.3, 0.4) is 0 Å². The Balaban J connectivity index is 1.58. The molecule has 0 saturated heterocycles. The van der Waals surface area contributed by atoms with Gasteiger partial charge < -0.3 is 5.73 Å². The molecule has 2 N–H and O–H groups in total. The highest BCUT2D eigenvalue weighted by Crippen LogP contribution is 2.51. The van der Waals surface area contributed by atoms with Crippen LogP contribution in [0.5, 0.6) is 0 Å². The molecule has 22 heavy (non-hydrogen) atoms. The molecular formula is C20H18ClN. The molecule has 3 aromatic carbocycles. The van der Waals surface area contributed by atoms with E-state index in [0.29, 0.717) is 5.92 Å². The second kappa shape index (κ2) is 5.12. The molecule has 110 valence electrons. The van der Waals surface area contributed by atoms with Crippen LogP contribution < -0.4 is 5.73 Å². The maximum absolute atomic E-state index is 6.61. The standard InChI is InChI=1S/C20H18ClN/c21-18-7-3-6-17(11-18)19-13-20(19,22)12-14-8-9-15-4-1-2-5-16(15)10-14/h1-11,19H,12-13,22H2/t19-,20-/m1/s1. The highest BCUT2D eigenvalue weighted by atomic mass is 35.5. The molecule has 0 bridgehead atoms. The van der Waals surface area contributed by atoms with Gasteiger partial charge in [0, 0.05) is 16.5 Å². The molecule has 0 spiro atoms. The van der Waals surface area contributed by atoms with Gasteiger partial charge in [-0.05, 0) is 46.9 Å². The highest BCUT2D eigenvalue weighted by molar-refractivity contribution is 6.30. The average molecular weight is 308 g/mol. The number of halogens is 1. The molecule has 0 radical (unpaired) electrons. The van der Waals surface area contributed by atoms with Gasteiger partial charge in [-0.2, -0.15) is 0 Å². The largest absolute Gasteiger partial charge is 0.324 e. The van der Waals surface area contributed by atoms with Gasteiger partial charge in [0.2, 0.25) is 0 Å². The molecule has 0 aromatic heterocycles. The van der Waals surface area contributed by atoms with E-state index in [1.54, 1.807) is 0 Å². The molecule has 0 unspecified atom stereocenters. The van der Waals surface area contributed by atoms with E-state index in [9.17, 15) is 0 Å². The Labute approximate surface area is 135 Å². The Hall–Kier alpha value is -1.83. The molecule has 2 heteroatoms. The van der Waals surface area contributed by atoms with E-state index in [-0.39, 0.29) is 5.54 Å². The van der Waals surface area contributed by atoms with E-state index in [2.05, 4.69) is 48.5 Å². The van der Waals surface area contributed by atoms with Gasteiger partial charge in [-0.15, -0.1) is 0 Å². The summed E-state index contributed by atoms with van der Waals surface area (Å²) in [6, 6.07) is 23.2. The smallest absolute Gasteiger partial charge is 0.0408 e. The van der Waals surface area contributed by atoms with Crippen molar-refractivity contribution in [2.24, 2.45) is 5.73 Å². The predicted octanol–water partition coefficient (Wildman–Crippen LogP) is 4.92. The monoisotopic (exact) mass is 307 g/mol. The molecule has 3 aromatic rings. The molecule has 1 saturated carbocycles. The van der Waals surface area contributed by atoms with Crippen LogP contribution in [-0.2, 0) is 6.42 Å². The lowest BCUT2D eigenvalue weighted by atomic mass is 9.97. The second-order valence-corrected chi connectivity index (χ2v) is 6.84. The maximum atomic E-state index is 6.61. The van der Waals surface area contributed by atoms with Crippen LogP contribution in [0, 0.1) is 0 Å².